The SMILES string of the molecule is Fc1cc(Cl)c(NCc2cc(Cl)ccc2F)c(Br)c1. The van der Waals surface area contributed by atoms with Gasteiger partial charge >= 0.3 is 0 Å². The van der Waals surface area contributed by atoms with Gasteiger partial charge in [0.05, 0.1) is 10.7 Å². The molecule has 0 spiro atoms. The van der Waals surface area contributed by atoms with Gasteiger partial charge in [0.1, 0.15) is 11.6 Å². The summed E-state index contributed by atoms with van der Waals surface area (Å²) < 4.78 is 27.1. The van der Waals surface area contributed by atoms with E-state index in [1.165, 1.54) is 30.3 Å². The quantitative estimate of drug-likeness (QED) is 0.740. The molecule has 0 fully saturated rings. The molecule has 0 aliphatic heterocycles. The Kier molecular flexibility index (Phi) is 4.66. The van der Waals surface area contributed by atoms with Crippen LogP contribution in [0.1, 0.15) is 5.56 Å². The van der Waals surface area contributed by atoms with Crippen molar-refractivity contribution >= 4 is 44.8 Å². The fraction of sp³-hybridized carbons (Fsp3) is 0.0769. The van der Waals surface area contributed by atoms with Crippen LogP contribution in [-0.2, 0) is 6.54 Å². The Labute approximate surface area is 127 Å². The van der Waals surface area contributed by atoms with E-state index in [1.54, 1.807) is 0 Å². The molecular weight excluding hydrogens is 359 g/mol. The zero-order chi connectivity index (χ0) is 14.0. The molecule has 0 saturated carbocycles. The summed E-state index contributed by atoms with van der Waals surface area (Å²) in [6.45, 7) is 0.191. The molecule has 6 heteroatoms. The van der Waals surface area contributed by atoms with Crippen LogP contribution < -0.4 is 5.32 Å². The Hall–Kier alpha value is -0.840. The fourth-order valence-corrected chi connectivity index (χ4v) is 2.73. The van der Waals surface area contributed by atoms with Crippen LogP contribution in [0.3, 0.4) is 0 Å². The van der Waals surface area contributed by atoms with Gasteiger partial charge in [-0.25, -0.2) is 8.78 Å². The fourth-order valence-electron chi connectivity index (χ4n) is 1.57. The Morgan fingerprint density at radius 1 is 1.11 bits per heavy atom. The molecule has 1 N–H and O–H groups in total. The number of benzene rings is 2. The summed E-state index contributed by atoms with van der Waals surface area (Å²) in [4.78, 5) is 0. The molecule has 0 saturated heterocycles. The lowest BCUT2D eigenvalue weighted by atomic mass is 10.2. The van der Waals surface area contributed by atoms with Crippen molar-refractivity contribution in [1.82, 2.24) is 0 Å². The third-order valence-electron chi connectivity index (χ3n) is 2.47. The van der Waals surface area contributed by atoms with Gasteiger partial charge in [0.15, 0.2) is 0 Å². The van der Waals surface area contributed by atoms with Crippen molar-refractivity contribution in [2.24, 2.45) is 0 Å². The molecule has 2 aromatic rings. The number of hydrogen-bond donors (Lipinski definition) is 1. The van der Waals surface area contributed by atoms with Crippen molar-refractivity contribution in [3.63, 3.8) is 0 Å². The minimum atomic E-state index is -0.448. The standard InChI is InChI=1S/C13H8BrCl2F2N/c14-10-4-9(17)5-11(16)13(10)19-6-7-3-8(15)1-2-12(7)18/h1-5,19H,6H2. The van der Waals surface area contributed by atoms with E-state index in [0.717, 1.165) is 0 Å². The third kappa shape index (κ3) is 3.59. The highest BCUT2D eigenvalue weighted by Gasteiger charge is 2.09. The van der Waals surface area contributed by atoms with E-state index < -0.39 is 5.82 Å². The van der Waals surface area contributed by atoms with Crippen molar-refractivity contribution in [2.45, 2.75) is 6.54 Å². The summed E-state index contributed by atoms with van der Waals surface area (Å²) in [5, 5.41) is 3.61. The number of rotatable bonds is 3. The first kappa shape index (κ1) is 14.6. The van der Waals surface area contributed by atoms with Crippen LogP contribution in [-0.4, -0.2) is 0 Å². The molecule has 0 unspecified atom stereocenters. The molecule has 1 nitrogen and oxygen atoms in total. The molecule has 19 heavy (non-hydrogen) atoms. The van der Waals surface area contributed by atoms with Crippen LogP contribution in [0.2, 0.25) is 10.0 Å². The van der Waals surface area contributed by atoms with E-state index in [0.29, 0.717) is 20.7 Å². The van der Waals surface area contributed by atoms with Gasteiger partial charge in [0.2, 0.25) is 0 Å². The lowest BCUT2D eigenvalue weighted by Crippen LogP contribution is -2.03. The van der Waals surface area contributed by atoms with Gasteiger partial charge in [0, 0.05) is 21.6 Å². The molecule has 0 bridgehead atoms. The highest BCUT2D eigenvalue weighted by atomic mass is 79.9. The Balaban J connectivity index is 2.21. The molecule has 0 atom stereocenters. The second-order valence-electron chi connectivity index (χ2n) is 3.83. The van der Waals surface area contributed by atoms with Crippen LogP contribution >= 0.6 is 39.1 Å². The van der Waals surface area contributed by atoms with Crippen LogP contribution in [0.25, 0.3) is 0 Å². The molecule has 0 aliphatic carbocycles. The Morgan fingerprint density at radius 3 is 2.53 bits per heavy atom. The molecular formula is C13H8BrCl2F2N. The number of nitrogens with one attached hydrogen (secondary N) is 1. The monoisotopic (exact) mass is 365 g/mol. The lowest BCUT2D eigenvalue weighted by molar-refractivity contribution is 0.612. The smallest absolute Gasteiger partial charge is 0.128 e. The molecule has 0 aliphatic rings. The topological polar surface area (TPSA) is 12.0 Å². The van der Waals surface area contributed by atoms with E-state index in [2.05, 4.69) is 21.2 Å². The predicted molar refractivity (Wildman–Crippen MR) is 77.8 cm³/mol. The molecule has 0 aromatic heterocycles. The van der Waals surface area contributed by atoms with Crippen LogP contribution in [0.15, 0.2) is 34.8 Å². The first-order valence-electron chi connectivity index (χ1n) is 5.29. The van der Waals surface area contributed by atoms with Gasteiger partial charge in [-0.3, -0.25) is 0 Å². The van der Waals surface area contributed by atoms with Crippen LogP contribution in [0, 0.1) is 11.6 Å². The number of anilines is 1. The maximum Gasteiger partial charge on any atom is 0.128 e. The van der Waals surface area contributed by atoms with E-state index in [4.69, 9.17) is 23.2 Å². The van der Waals surface area contributed by atoms with Gasteiger partial charge in [0.25, 0.3) is 0 Å². The first-order valence-corrected chi connectivity index (χ1v) is 6.84. The zero-order valence-electron chi connectivity index (χ0n) is 9.48. The second-order valence-corrected chi connectivity index (χ2v) is 5.53. The summed E-state index contributed by atoms with van der Waals surface area (Å²) in [5.74, 6) is -0.817. The Morgan fingerprint density at radius 2 is 1.84 bits per heavy atom. The van der Waals surface area contributed by atoms with Crippen molar-refractivity contribution in [1.29, 1.82) is 0 Å². The maximum absolute atomic E-state index is 13.5. The average Bonchev–Trinajstić information content (AvgIpc) is 2.32. The highest BCUT2D eigenvalue weighted by Crippen LogP contribution is 2.32. The van der Waals surface area contributed by atoms with Crippen molar-refractivity contribution in [3.05, 3.63) is 62.0 Å². The summed E-state index contributed by atoms with van der Waals surface area (Å²) in [7, 11) is 0. The summed E-state index contributed by atoms with van der Waals surface area (Å²) in [5.41, 5.74) is 0.905. The van der Waals surface area contributed by atoms with E-state index in [-0.39, 0.29) is 17.4 Å². The minimum Gasteiger partial charge on any atom is -0.379 e. The largest absolute Gasteiger partial charge is 0.379 e. The predicted octanol–water partition coefficient (Wildman–Crippen LogP) is 5.65. The second kappa shape index (κ2) is 6.07. The van der Waals surface area contributed by atoms with Crippen molar-refractivity contribution < 1.29 is 8.78 Å². The minimum absolute atomic E-state index is 0.191. The molecule has 2 aromatic carbocycles. The van der Waals surface area contributed by atoms with Gasteiger partial charge < -0.3 is 5.32 Å². The van der Waals surface area contributed by atoms with Gasteiger partial charge in [-0.1, -0.05) is 23.2 Å². The van der Waals surface area contributed by atoms with Crippen LogP contribution in [0.4, 0.5) is 14.5 Å². The lowest BCUT2D eigenvalue weighted by Gasteiger charge is -2.11. The Bertz CT molecular complexity index is 597. The molecule has 100 valence electrons. The van der Waals surface area contributed by atoms with E-state index >= 15 is 0 Å². The van der Waals surface area contributed by atoms with Gasteiger partial charge in [-0.2, -0.15) is 0 Å². The van der Waals surface area contributed by atoms with E-state index in [9.17, 15) is 8.78 Å². The first-order chi connectivity index (χ1) is 8.97. The van der Waals surface area contributed by atoms with Gasteiger partial charge in [-0.05, 0) is 46.3 Å². The molecule has 0 radical (unpaired) electrons. The number of halogens is 5. The normalized spacial score (nSPS) is 10.6. The van der Waals surface area contributed by atoms with E-state index in [1.807, 2.05) is 0 Å². The summed E-state index contributed by atoms with van der Waals surface area (Å²) in [6.07, 6.45) is 0. The average molecular weight is 367 g/mol. The van der Waals surface area contributed by atoms with Crippen molar-refractivity contribution in [2.75, 3.05) is 5.32 Å². The maximum atomic E-state index is 13.5. The highest BCUT2D eigenvalue weighted by molar-refractivity contribution is 9.10. The summed E-state index contributed by atoms with van der Waals surface area (Å²) >= 11 is 14.9. The molecule has 0 amide bonds. The third-order valence-corrected chi connectivity index (χ3v) is 3.63. The zero-order valence-corrected chi connectivity index (χ0v) is 12.6. The molecule has 2 rings (SSSR count). The van der Waals surface area contributed by atoms with Gasteiger partial charge in [-0.15, -0.1) is 0 Å². The summed E-state index contributed by atoms with van der Waals surface area (Å²) in [6, 6.07) is 6.75. The number of hydrogen-bond acceptors (Lipinski definition) is 1. The molecule has 0 heterocycles. The van der Waals surface area contributed by atoms with Crippen molar-refractivity contribution in [3.8, 4) is 0 Å². The van der Waals surface area contributed by atoms with Crippen LogP contribution in [0.5, 0.6) is 0 Å².